The average Bonchev–Trinajstić information content (AvgIpc) is 2.48. The first-order valence-electron chi connectivity index (χ1n) is 7.03. The van der Waals surface area contributed by atoms with E-state index in [9.17, 15) is 13.9 Å². The van der Waals surface area contributed by atoms with E-state index in [1.807, 2.05) is 37.3 Å². The molecule has 0 aliphatic carbocycles. The van der Waals surface area contributed by atoms with Crippen molar-refractivity contribution >= 4 is 0 Å². The molecule has 2 unspecified atom stereocenters. The maximum Gasteiger partial charge on any atom is 0.131 e. The van der Waals surface area contributed by atoms with Crippen molar-refractivity contribution < 1.29 is 13.9 Å². The van der Waals surface area contributed by atoms with E-state index in [0.29, 0.717) is 0 Å². The first-order valence-corrected chi connectivity index (χ1v) is 7.03. The molecule has 2 aromatic rings. The van der Waals surface area contributed by atoms with Gasteiger partial charge in [-0.15, -0.1) is 0 Å². The molecule has 0 amide bonds. The third kappa shape index (κ3) is 4.09. The van der Waals surface area contributed by atoms with Crippen molar-refractivity contribution in [3.05, 3.63) is 71.3 Å². The Morgan fingerprint density at radius 2 is 1.81 bits per heavy atom. The average molecular weight is 291 g/mol. The molecule has 2 atom stereocenters. The first kappa shape index (κ1) is 15.6. The highest BCUT2D eigenvalue weighted by molar-refractivity contribution is 5.22. The minimum Gasteiger partial charge on any atom is -0.387 e. The highest BCUT2D eigenvalue weighted by atomic mass is 19.1. The smallest absolute Gasteiger partial charge is 0.131 e. The van der Waals surface area contributed by atoms with Crippen LogP contribution in [0.15, 0.2) is 48.5 Å². The summed E-state index contributed by atoms with van der Waals surface area (Å²) in [5.41, 5.74) is 1.22. The third-order valence-corrected chi connectivity index (χ3v) is 3.49. The standard InChI is InChI=1S/C17H19F2NO/c1-2-16(12-6-4-3-5-7-12)20-11-17(21)14-9-8-13(18)10-15(14)19/h3-10,16-17,20-21H,2,11H2,1H3. The number of benzene rings is 2. The lowest BCUT2D eigenvalue weighted by atomic mass is 10.0. The van der Waals surface area contributed by atoms with Gasteiger partial charge in [-0.1, -0.05) is 43.3 Å². The van der Waals surface area contributed by atoms with E-state index in [1.54, 1.807) is 0 Å². The van der Waals surface area contributed by atoms with Gasteiger partial charge in [0.2, 0.25) is 0 Å². The molecule has 0 radical (unpaired) electrons. The highest BCUT2D eigenvalue weighted by Crippen LogP contribution is 2.20. The zero-order chi connectivity index (χ0) is 15.2. The summed E-state index contributed by atoms with van der Waals surface area (Å²) in [6, 6.07) is 13.2. The molecular formula is C17H19F2NO. The summed E-state index contributed by atoms with van der Waals surface area (Å²) in [6.07, 6.45) is -0.161. The van der Waals surface area contributed by atoms with E-state index in [1.165, 1.54) is 6.07 Å². The lowest BCUT2D eigenvalue weighted by molar-refractivity contribution is 0.164. The van der Waals surface area contributed by atoms with Gasteiger partial charge in [0.15, 0.2) is 0 Å². The third-order valence-electron chi connectivity index (χ3n) is 3.49. The Morgan fingerprint density at radius 3 is 2.43 bits per heavy atom. The van der Waals surface area contributed by atoms with E-state index in [0.717, 1.165) is 24.1 Å². The zero-order valence-electron chi connectivity index (χ0n) is 11.9. The molecule has 2 nitrogen and oxygen atoms in total. The van der Waals surface area contributed by atoms with Crippen molar-refractivity contribution in [2.75, 3.05) is 6.54 Å². The number of halogens is 2. The fourth-order valence-electron chi connectivity index (χ4n) is 2.32. The summed E-state index contributed by atoms with van der Waals surface area (Å²) >= 11 is 0. The quantitative estimate of drug-likeness (QED) is 0.850. The maximum atomic E-state index is 13.6. The number of hydrogen-bond acceptors (Lipinski definition) is 2. The second kappa shape index (κ2) is 7.29. The van der Waals surface area contributed by atoms with Gasteiger partial charge in [0.1, 0.15) is 11.6 Å². The van der Waals surface area contributed by atoms with Crippen LogP contribution in [0.4, 0.5) is 8.78 Å². The van der Waals surface area contributed by atoms with Gasteiger partial charge in [0.25, 0.3) is 0 Å². The van der Waals surface area contributed by atoms with E-state index in [2.05, 4.69) is 5.32 Å². The molecule has 0 aromatic heterocycles. The number of nitrogens with one attached hydrogen (secondary N) is 1. The highest BCUT2D eigenvalue weighted by Gasteiger charge is 2.16. The zero-order valence-corrected chi connectivity index (χ0v) is 11.9. The van der Waals surface area contributed by atoms with Gasteiger partial charge in [-0.25, -0.2) is 8.78 Å². The van der Waals surface area contributed by atoms with Crippen molar-refractivity contribution in [1.82, 2.24) is 5.32 Å². The molecular weight excluding hydrogens is 272 g/mol. The summed E-state index contributed by atoms with van der Waals surface area (Å²) in [5, 5.41) is 13.3. The van der Waals surface area contributed by atoms with E-state index >= 15 is 0 Å². The lowest BCUT2D eigenvalue weighted by Crippen LogP contribution is -2.26. The van der Waals surface area contributed by atoms with Crippen LogP contribution in [0, 0.1) is 11.6 Å². The molecule has 2 rings (SSSR count). The SMILES string of the molecule is CCC(NCC(O)c1ccc(F)cc1F)c1ccccc1. The van der Waals surface area contributed by atoms with Crippen molar-refractivity contribution in [2.24, 2.45) is 0 Å². The molecule has 0 aliphatic rings. The fraction of sp³-hybridized carbons (Fsp3) is 0.294. The molecule has 2 aromatic carbocycles. The van der Waals surface area contributed by atoms with Gasteiger partial charge >= 0.3 is 0 Å². The molecule has 2 N–H and O–H groups in total. The molecule has 0 aliphatic heterocycles. The van der Waals surface area contributed by atoms with E-state index < -0.39 is 17.7 Å². The molecule has 4 heteroatoms. The summed E-state index contributed by atoms with van der Waals surface area (Å²) in [4.78, 5) is 0. The summed E-state index contributed by atoms with van der Waals surface area (Å²) in [7, 11) is 0. The minimum atomic E-state index is -1.01. The molecule has 0 saturated carbocycles. The Balaban J connectivity index is 2.01. The van der Waals surface area contributed by atoms with Gasteiger partial charge in [-0.2, -0.15) is 0 Å². The lowest BCUT2D eigenvalue weighted by Gasteiger charge is -2.20. The van der Waals surface area contributed by atoms with Crippen LogP contribution >= 0.6 is 0 Å². The summed E-state index contributed by atoms with van der Waals surface area (Å²) in [6.45, 7) is 2.24. The normalized spacial score (nSPS) is 13.9. The van der Waals surface area contributed by atoms with Gasteiger partial charge in [-0.3, -0.25) is 0 Å². The van der Waals surface area contributed by atoms with Crippen LogP contribution in [-0.4, -0.2) is 11.7 Å². The number of aliphatic hydroxyl groups excluding tert-OH is 1. The Kier molecular flexibility index (Phi) is 5.42. The molecule has 0 saturated heterocycles. The molecule has 0 bridgehead atoms. The summed E-state index contributed by atoms with van der Waals surface area (Å²) < 4.78 is 26.5. The number of rotatable bonds is 6. The van der Waals surface area contributed by atoms with Crippen molar-refractivity contribution in [3.8, 4) is 0 Å². The maximum absolute atomic E-state index is 13.6. The Bertz CT molecular complexity index is 574. The van der Waals surface area contributed by atoms with Gasteiger partial charge < -0.3 is 10.4 Å². The Hall–Kier alpha value is -1.78. The summed E-state index contributed by atoms with van der Waals surface area (Å²) in [5.74, 6) is -1.37. The van der Waals surface area contributed by atoms with Crippen molar-refractivity contribution in [3.63, 3.8) is 0 Å². The van der Waals surface area contributed by atoms with Crippen molar-refractivity contribution in [2.45, 2.75) is 25.5 Å². The van der Waals surface area contributed by atoms with Crippen LogP contribution in [0.2, 0.25) is 0 Å². The Labute approximate surface area is 123 Å². The monoisotopic (exact) mass is 291 g/mol. The molecule has 0 heterocycles. The van der Waals surface area contributed by atoms with Gasteiger partial charge in [0, 0.05) is 24.2 Å². The van der Waals surface area contributed by atoms with Crippen molar-refractivity contribution in [1.29, 1.82) is 0 Å². The topological polar surface area (TPSA) is 32.3 Å². The molecule has 0 fully saturated rings. The van der Waals surface area contributed by atoms with Crippen LogP contribution in [0.5, 0.6) is 0 Å². The van der Waals surface area contributed by atoms with Crippen LogP contribution in [-0.2, 0) is 0 Å². The predicted molar refractivity (Wildman–Crippen MR) is 78.8 cm³/mol. The van der Waals surface area contributed by atoms with Crippen LogP contribution < -0.4 is 5.32 Å². The first-order chi connectivity index (χ1) is 10.1. The fourth-order valence-corrected chi connectivity index (χ4v) is 2.32. The largest absolute Gasteiger partial charge is 0.387 e. The number of aliphatic hydroxyl groups is 1. The molecule has 112 valence electrons. The molecule has 21 heavy (non-hydrogen) atoms. The van der Waals surface area contributed by atoms with Gasteiger partial charge in [-0.05, 0) is 18.1 Å². The minimum absolute atomic E-state index is 0.0874. The Morgan fingerprint density at radius 1 is 1.10 bits per heavy atom. The van der Waals surface area contributed by atoms with Crippen LogP contribution in [0.25, 0.3) is 0 Å². The van der Waals surface area contributed by atoms with Crippen LogP contribution in [0.3, 0.4) is 0 Å². The predicted octanol–water partition coefficient (Wildman–Crippen LogP) is 3.74. The number of hydrogen-bond donors (Lipinski definition) is 2. The van der Waals surface area contributed by atoms with E-state index in [-0.39, 0.29) is 18.2 Å². The molecule has 0 spiro atoms. The van der Waals surface area contributed by atoms with Gasteiger partial charge in [0.05, 0.1) is 6.10 Å². The van der Waals surface area contributed by atoms with E-state index in [4.69, 9.17) is 0 Å². The van der Waals surface area contributed by atoms with Crippen LogP contribution in [0.1, 0.15) is 36.6 Å². The second-order valence-corrected chi connectivity index (χ2v) is 4.96. The second-order valence-electron chi connectivity index (χ2n) is 4.96.